The summed E-state index contributed by atoms with van der Waals surface area (Å²) in [6.07, 6.45) is 1.87. The van der Waals surface area contributed by atoms with E-state index in [0.717, 1.165) is 30.8 Å². The summed E-state index contributed by atoms with van der Waals surface area (Å²) in [4.78, 5) is 0. The first-order chi connectivity index (χ1) is 8.59. The van der Waals surface area contributed by atoms with Gasteiger partial charge in [-0.05, 0) is 45.7 Å². The van der Waals surface area contributed by atoms with Crippen LogP contribution in [0.25, 0.3) is 0 Å². The van der Waals surface area contributed by atoms with Gasteiger partial charge in [-0.3, -0.25) is 0 Å². The molecule has 0 aliphatic carbocycles. The van der Waals surface area contributed by atoms with Crippen LogP contribution >= 0.6 is 0 Å². The van der Waals surface area contributed by atoms with Gasteiger partial charge in [-0.1, -0.05) is 12.1 Å². The molecule has 18 heavy (non-hydrogen) atoms. The Bertz CT molecular complexity index is 407. The molecule has 0 spiro atoms. The Labute approximate surface area is 110 Å². The number of benzene rings is 1. The number of hydrogen-bond acceptors (Lipinski definition) is 3. The summed E-state index contributed by atoms with van der Waals surface area (Å²) >= 11 is 0. The molecule has 1 rings (SSSR count). The van der Waals surface area contributed by atoms with Gasteiger partial charge in [0.2, 0.25) is 0 Å². The second kappa shape index (κ2) is 6.90. The predicted molar refractivity (Wildman–Crippen MR) is 74.7 cm³/mol. The normalized spacial score (nSPS) is 10.8. The molecule has 0 saturated heterocycles. The Hall–Kier alpha value is -1.69. The van der Waals surface area contributed by atoms with E-state index in [0.29, 0.717) is 6.61 Å². The fourth-order valence-corrected chi connectivity index (χ4v) is 1.70. The fourth-order valence-electron chi connectivity index (χ4n) is 1.70. The van der Waals surface area contributed by atoms with Crippen molar-refractivity contribution in [3.05, 3.63) is 24.3 Å². The van der Waals surface area contributed by atoms with E-state index >= 15 is 0 Å². The third-order valence-corrected chi connectivity index (χ3v) is 2.78. The Balaban J connectivity index is 2.42. The molecule has 3 nitrogen and oxygen atoms in total. The second-order valence-electron chi connectivity index (χ2n) is 4.96. The molecule has 3 heteroatoms. The van der Waals surface area contributed by atoms with Gasteiger partial charge >= 0.3 is 0 Å². The van der Waals surface area contributed by atoms with Crippen molar-refractivity contribution in [2.45, 2.75) is 33.6 Å². The maximum absolute atomic E-state index is 8.93. The average molecular weight is 246 g/mol. The molecular formula is C15H22N2O. The van der Waals surface area contributed by atoms with E-state index in [1.54, 1.807) is 0 Å². The minimum absolute atomic E-state index is 0.235. The molecule has 0 aromatic heterocycles. The fraction of sp³-hybridized carbons (Fsp3) is 0.533. The zero-order valence-electron chi connectivity index (χ0n) is 11.5. The maximum atomic E-state index is 8.93. The summed E-state index contributed by atoms with van der Waals surface area (Å²) in [5, 5.41) is 12.3. The molecule has 0 aliphatic rings. The van der Waals surface area contributed by atoms with Crippen molar-refractivity contribution in [3.8, 4) is 11.8 Å². The minimum atomic E-state index is -0.235. The third kappa shape index (κ3) is 4.67. The second-order valence-corrected chi connectivity index (χ2v) is 4.96. The number of para-hydroxylation sites is 2. The molecule has 0 heterocycles. The number of ether oxygens (including phenoxy) is 1. The smallest absolute Gasteiger partial charge is 0.142 e. The van der Waals surface area contributed by atoms with Crippen molar-refractivity contribution in [2.75, 3.05) is 18.5 Å². The summed E-state index contributed by atoms with van der Waals surface area (Å²) in [6, 6.07) is 10.3. The number of nitrogens with one attached hydrogen (secondary N) is 1. The van der Waals surface area contributed by atoms with E-state index in [4.69, 9.17) is 10.00 Å². The molecule has 0 atom stereocenters. The van der Waals surface area contributed by atoms with Crippen LogP contribution in [0.5, 0.6) is 5.75 Å². The van der Waals surface area contributed by atoms with Crippen LogP contribution in [0.15, 0.2) is 24.3 Å². The summed E-state index contributed by atoms with van der Waals surface area (Å²) in [5.74, 6) is 0.888. The van der Waals surface area contributed by atoms with E-state index in [2.05, 4.69) is 11.4 Å². The van der Waals surface area contributed by atoms with E-state index in [1.807, 2.05) is 45.0 Å². The summed E-state index contributed by atoms with van der Waals surface area (Å²) in [5.41, 5.74) is 0.787. The van der Waals surface area contributed by atoms with Crippen molar-refractivity contribution in [1.82, 2.24) is 0 Å². The highest BCUT2D eigenvalue weighted by atomic mass is 16.5. The van der Waals surface area contributed by atoms with Gasteiger partial charge in [0, 0.05) is 6.54 Å². The summed E-state index contributed by atoms with van der Waals surface area (Å²) < 4.78 is 5.54. The molecule has 1 aromatic rings. The van der Waals surface area contributed by atoms with Crippen LogP contribution in [-0.4, -0.2) is 13.2 Å². The molecule has 0 radical (unpaired) electrons. The van der Waals surface area contributed by atoms with E-state index < -0.39 is 0 Å². The van der Waals surface area contributed by atoms with Crippen LogP contribution in [0.3, 0.4) is 0 Å². The monoisotopic (exact) mass is 246 g/mol. The van der Waals surface area contributed by atoms with Crippen molar-refractivity contribution in [3.63, 3.8) is 0 Å². The Morgan fingerprint density at radius 2 is 2.06 bits per heavy atom. The predicted octanol–water partition coefficient (Wildman–Crippen LogP) is 3.83. The SMILES string of the molecule is CCOc1ccccc1NCCCC(C)(C)C#N. The van der Waals surface area contributed by atoms with Crippen LogP contribution in [-0.2, 0) is 0 Å². The van der Waals surface area contributed by atoms with Crippen LogP contribution in [0.2, 0.25) is 0 Å². The highest BCUT2D eigenvalue weighted by molar-refractivity contribution is 5.56. The first-order valence-electron chi connectivity index (χ1n) is 6.46. The molecule has 0 saturated carbocycles. The Morgan fingerprint density at radius 3 is 2.72 bits per heavy atom. The highest BCUT2D eigenvalue weighted by Crippen LogP contribution is 2.25. The molecule has 1 N–H and O–H groups in total. The lowest BCUT2D eigenvalue weighted by molar-refractivity contribution is 0.341. The molecule has 0 amide bonds. The van der Waals surface area contributed by atoms with Crippen molar-refractivity contribution in [1.29, 1.82) is 5.26 Å². The lowest BCUT2D eigenvalue weighted by Gasteiger charge is -2.16. The van der Waals surface area contributed by atoms with Crippen LogP contribution in [0.4, 0.5) is 5.69 Å². The van der Waals surface area contributed by atoms with Gasteiger partial charge in [-0.25, -0.2) is 0 Å². The van der Waals surface area contributed by atoms with E-state index in [-0.39, 0.29) is 5.41 Å². The average Bonchev–Trinajstić information content (AvgIpc) is 2.37. The lowest BCUT2D eigenvalue weighted by atomic mass is 9.90. The lowest BCUT2D eigenvalue weighted by Crippen LogP contribution is -2.11. The Morgan fingerprint density at radius 1 is 1.33 bits per heavy atom. The topological polar surface area (TPSA) is 45.0 Å². The zero-order chi connectivity index (χ0) is 13.4. The quantitative estimate of drug-likeness (QED) is 0.744. The van der Waals surface area contributed by atoms with Gasteiger partial charge in [-0.15, -0.1) is 0 Å². The molecule has 1 aromatic carbocycles. The number of nitriles is 1. The minimum Gasteiger partial charge on any atom is -0.492 e. The molecule has 0 unspecified atom stereocenters. The number of rotatable bonds is 7. The summed E-state index contributed by atoms with van der Waals surface area (Å²) in [7, 11) is 0. The molecule has 0 fully saturated rings. The van der Waals surface area contributed by atoms with Crippen LogP contribution in [0.1, 0.15) is 33.6 Å². The van der Waals surface area contributed by atoms with Crippen LogP contribution < -0.4 is 10.1 Å². The largest absolute Gasteiger partial charge is 0.492 e. The van der Waals surface area contributed by atoms with Gasteiger partial charge < -0.3 is 10.1 Å². The summed E-state index contributed by atoms with van der Waals surface area (Å²) in [6.45, 7) is 7.45. The standard InChI is InChI=1S/C15H22N2O/c1-4-18-14-9-6-5-8-13(14)17-11-7-10-15(2,3)12-16/h5-6,8-9,17H,4,7,10-11H2,1-3H3. The number of nitrogens with zero attached hydrogens (tertiary/aromatic N) is 1. The third-order valence-electron chi connectivity index (χ3n) is 2.78. The number of anilines is 1. The van der Waals surface area contributed by atoms with Gasteiger partial charge in [-0.2, -0.15) is 5.26 Å². The van der Waals surface area contributed by atoms with Crippen molar-refractivity contribution in [2.24, 2.45) is 5.41 Å². The molecule has 0 bridgehead atoms. The molecule has 98 valence electrons. The van der Waals surface area contributed by atoms with E-state index in [1.165, 1.54) is 0 Å². The first-order valence-corrected chi connectivity index (χ1v) is 6.46. The van der Waals surface area contributed by atoms with Gasteiger partial charge in [0.15, 0.2) is 0 Å². The maximum Gasteiger partial charge on any atom is 0.142 e. The highest BCUT2D eigenvalue weighted by Gasteiger charge is 2.15. The van der Waals surface area contributed by atoms with Gasteiger partial charge in [0.1, 0.15) is 5.75 Å². The number of hydrogen-bond donors (Lipinski definition) is 1. The van der Waals surface area contributed by atoms with Crippen molar-refractivity contribution >= 4 is 5.69 Å². The Kier molecular flexibility index (Phi) is 5.51. The van der Waals surface area contributed by atoms with E-state index in [9.17, 15) is 0 Å². The van der Waals surface area contributed by atoms with Gasteiger partial charge in [0.25, 0.3) is 0 Å². The molecule has 0 aliphatic heterocycles. The molecular weight excluding hydrogens is 224 g/mol. The first kappa shape index (κ1) is 14.4. The zero-order valence-corrected chi connectivity index (χ0v) is 11.5. The van der Waals surface area contributed by atoms with Gasteiger partial charge in [0.05, 0.1) is 23.8 Å². The van der Waals surface area contributed by atoms with Crippen molar-refractivity contribution < 1.29 is 4.74 Å². The van der Waals surface area contributed by atoms with Crippen LogP contribution in [0, 0.1) is 16.7 Å².